The number of hydrogen-bond donors (Lipinski definition) is 1. The number of para-hydroxylation sites is 1. The Hall–Kier alpha value is -3.34. The Labute approximate surface area is 195 Å². The molecule has 34 heavy (non-hydrogen) atoms. The van der Waals surface area contributed by atoms with E-state index in [0.717, 1.165) is 23.6 Å². The lowest BCUT2D eigenvalue weighted by atomic mass is 10.1. The van der Waals surface area contributed by atoms with Crippen molar-refractivity contribution in [2.24, 2.45) is 0 Å². The molecule has 1 aliphatic heterocycles. The van der Waals surface area contributed by atoms with Crippen LogP contribution >= 0.6 is 11.6 Å². The molecule has 1 amide bonds. The minimum Gasteiger partial charge on any atom is -0.483 e. The molecule has 0 aliphatic carbocycles. The lowest BCUT2D eigenvalue weighted by Crippen LogP contribution is -2.27. The molecule has 0 unspecified atom stereocenters. The highest BCUT2D eigenvalue weighted by molar-refractivity contribution is 6.34. The highest BCUT2D eigenvalue weighted by Gasteiger charge is 2.30. The second-order valence-electron chi connectivity index (χ2n) is 7.81. The SMILES string of the molecule is Cc1cccc(Cl)c1NC(=O)c1cc(F)c(-n2nc3n(c2=O)CCCC3)cc1OCC(F)(F)F. The van der Waals surface area contributed by atoms with Crippen molar-refractivity contribution in [3.63, 3.8) is 0 Å². The number of halogens is 5. The van der Waals surface area contributed by atoms with Gasteiger partial charge in [0, 0.05) is 19.0 Å². The molecule has 0 fully saturated rings. The van der Waals surface area contributed by atoms with Crippen LogP contribution in [0.4, 0.5) is 23.2 Å². The molecule has 1 aliphatic rings. The Bertz CT molecular complexity index is 1300. The maximum atomic E-state index is 15.1. The number of carbonyl (C=O) groups is 1. The van der Waals surface area contributed by atoms with E-state index >= 15 is 4.39 Å². The van der Waals surface area contributed by atoms with Crippen LogP contribution in [-0.2, 0) is 13.0 Å². The number of anilines is 1. The van der Waals surface area contributed by atoms with Gasteiger partial charge in [0.1, 0.15) is 23.1 Å². The topological polar surface area (TPSA) is 78.2 Å². The number of hydrogen-bond acceptors (Lipinski definition) is 4. The molecule has 0 spiro atoms. The van der Waals surface area contributed by atoms with Gasteiger partial charge in [-0.2, -0.15) is 17.9 Å². The fourth-order valence-electron chi connectivity index (χ4n) is 3.69. The van der Waals surface area contributed by atoms with Crippen molar-refractivity contribution >= 4 is 23.2 Å². The number of rotatable bonds is 5. The molecule has 0 bridgehead atoms. The van der Waals surface area contributed by atoms with E-state index in [1.807, 2.05) is 0 Å². The number of amides is 1. The number of carbonyl (C=O) groups excluding carboxylic acids is 1. The van der Waals surface area contributed by atoms with Crippen LogP contribution in [0.25, 0.3) is 5.69 Å². The summed E-state index contributed by atoms with van der Waals surface area (Å²) in [5.41, 5.74) is -0.736. The normalized spacial score (nSPS) is 13.5. The predicted molar refractivity (Wildman–Crippen MR) is 116 cm³/mol. The second kappa shape index (κ2) is 9.13. The predicted octanol–water partition coefficient (Wildman–Crippen LogP) is 4.66. The Morgan fingerprint density at radius 2 is 2.03 bits per heavy atom. The minimum absolute atomic E-state index is 0.193. The maximum Gasteiger partial charge on any atom is 0.422 e. The zero-order valence-electron chi connectivity index (χ0n) is 17.9. The largest absolute Gasteiger partial charge is 0.483 e. The van der Waals surface area contributed by atoms with E-state index in [1.54, 1.807) is 19.1 Å². The average Bonchev–Trinajstić information content (AvgIpc) is 3.11. The summed E-state index contributed by atoms with van der Waals surface area (Å²) in [6.45, 7) is 0.349. The summed E-state index contributed by atoms with van der Waals surface area (Å²) in [7, 11) is 0. The van der Waals surface area contributed by atoms with Gasteiger partial charge in [-0.05, 0) is 37.5 Å². The molecule has 7 nitrogen and oxygen atoms in total. The van der Waals surface area contributed by atoms with Crippen molar-refractivity contribution < 1.29 is 27.1 Å². The zero-order valence-corrected chi connectivity index (χ0v) is 18.6. The minimum atomic E-state index is -4.72. The second-order valence-corrected chi connectivity index (χ2v) is 8.22. The van der Waals surface area contributed by atoms with Crippen LogP contribution in [0.2, 0.25) is 5.02 Å². The Morgan fingerprint density at radius 3 is 2.71 bits per heavy atom. The summed E-state index contributed by atoms with van der Waals surface area (Å²) in [5.74, 6) is -2.08. The molecule has 0 atom stereocenters. The van der Waals surface area contributed by atoms with Gasteiger partial charge in [-0.25, -0.2) is 9.18 Å². The summed E-state index contributed by atoms with van der Waals surface area (Å²) in [6.07, 6.45) is -2.65. The molecule has 2 aromatic carbocycles. The van der Waals surface area contributed by atoms with Crippen molar-refractivity contribution in [3.05, 3.63) is 68.6 Å². The molecule has 180 valence electrons. The van der Waals surface area contributed by atoms with Gasteiger partial charge in [0.2, 0.25) is 0 Å². The molecular weight excluding hydrogens is 480 g/mol. The fraction of sp³-hybridized carbons (Fsp3) is 0.318. The number of alkyl halides is 3. The molecule has 4 rings (SSSR count). The van der Waals surface area contributed by atoms with Gasteiger partial charge in [0.05, 0.1) is 16.3 Å². The lowest BCUT2D eigenvalue weighted by molar-refractivity contribution is -0.153. The molecule has 0 saturated heterocycles. The summed E-state index contributed by atoms with van der Waals surface area (Å²) in [4.78, 5) is 25.6. The number of nitrogens with one attached hydrogen (secondary N) is 1. The third-order valence-electron chi connectivity index (χ3n) is 5.34. The Kier molecular flexibility index (Phi) is 6.39. The van der Waals surface area contributed by atoms with Crippen molar-refractivity contribution in [2.45, 2.75) is 38.9 Å². The maximum absolute atomic E-state index is 15.1. The molecule has 2 heterocycles. The van der Waals surface area contributed by atoms with Gasteiger partial charge in [0.25, 0.3) is 5.91 Å². The molecule has 1 aromatic heterocycles. The van der Waals surface area contributed by atoms with E-state index < -0.39 is 47.2 Å². The van der Waals surface area contributed by atoms with Crippen LogP contribution in [0, 0.1) is 12.7 Å². The lowest BCUT2D eigenvalue weighted by Gasteiger charge is -2.16. The molecule has 3 aromatic rings. The summed E-state index contributed by atoms with van der Waals surface area (Å²) < 4.78 is 60.7. The Morgan fingerprint density at radius 1 is 1.26 bits per heavy atom. The van der Waals surface area contributed by atoms with Crippen molar-refractivity contribution in [1.82, 2.24) is 14.3 Å². The first-order chi connectivity index (χ1) is 16.0. The molecule has 12 heteroatoms. The van der Waals surface area contributed by atoms with E-state index in [0.29, 0.717) is 30.4 Å². The van der Waals surface area contributed by atoms with Gasteiger partial charge >= 0.3 is 11.9 Å². The molecule has 0 saturated carbocycles. The number of aryl methyl sites for hydroxylation is 2. The van der Waals surface area contributed by atoms with Gasteiger partial charge < -0.3 is 10.1 Å². The fourth-order valence-corrected chi connectivity index (χ4v) is 3.96. The highest BCUT2D eigenvalue weighted by Crippen LogP contribution is 2.30. The molecule has 1 N–H and O–H groups in total. The van der Waals surface area contributed by atoms with E-state index in [1.165, 1.54) is 10.6 Å². The van der Waals surface area contributed by atoms with Crippen LogP contribution in [-0.4, -0.2) is 33.0 Å². The van der Waals surface area contributed by atoms with Crippen LogP contribution in [0.15, 0.2) is 35.1 Å². The first-order valence-electron chi connectivity index (χ1n) is 10.3. The van der Waals surface area contributed by atoms with Crippen LogP contribution in [0.1, 0.15) is 34.6 Å². The average molecular weight is 499 g/mol. The molecule has 0 radical (unpaired) electrons. The summed E-state index contributed by atoms with van der Waals surface area (Å²) in [5, 5.41) is 6.80. The number of aromatic nitrogens is 3. The van der Waals surface area contributed by atoms with Crippen molar-refractivity contribution in [3.8, 4) is 11.4 Å². The van der Waals surface area contributed by atoms with Crippen LogP contribution in [0.5, 0.6) is 5.75 Å². The smallest absolute Gasteiger partial charge is 0.422 e. The highest BCUT2D eigenvalue weighted by atomic mass is 35.5. The van der Waals surface area contributed by atoms with Gasteiger partial charge in [0.15, 0.2) is 6.61 Å². The summed E-state index contributed by atoms with van der Waals surface area (Å²) >= 11 is 6.11. The van der Waals surface area contributed by atoms with Crippen LogP contribution < -0.4 is 15.7 Å². The first kappa shape index (κ1) is 23.8. The Balaban J connectivity index is 1.78. The van der Waals surface area contributed by atoms with Crippen molar-refractivity contribution in [2.75, 3.05) is 11.9 Å². The number of benzene rings is 2. The zero-order chi connectivity index (χ0) is 24.6. The standard InChI is InChI=1S/C22H19ClF4N4O3/c1-12-5-4-6-14(23)19(12)28-20(32)13-9-15(24)16(10-17(13)34-11-22(25,26)27)31-21(33)30-8-3-2-7-18(30)29-31/h4-6,9-10H,2-3,7-8,11H2,1H3,(H,28,32). The van der Waals surface area contributed by atoms with E-state index in [4.69, 9.17) is 16.3 Å². The van der Waals surface area contributed by atoms with Gasteiger partial charge in [-0.3, -0.25) is 9.36 Å². The quantitative estimate of drug-likeness (QED) is 0.519. The third-order valence-corrected chi connectivity index (χ3v) is 5.66. The van der Waals surface area contributed by atoms with E-state index in [2.05, 4.69) is 10.4 Å². The van der Waals surface area contributed by atoms with Gasteiger partial charge in [-0.15, -0.1) is 5.10 Å². The van der Waals surface area contributed by atoms with E-state index in [-0.39, 0.29) is 10.7 Å². The van der Waals surface area contributed by atoms with Crippen molar-refractivity contribution in [1.29, 1.82) is 0 Å². The number of ether oxygens (including phenoxy) is 1. The number of nitrogens with zero attached hydrogens (tertiary/aromatic N) is 3. The first-order valence-corrected chi connectivity index (χ1v) is 10.7. The van der Waals surface area contributed by atoms with Crippen LogP contribution in [0.3, 0.4) is 0 Å². The van der Waals surface area contributed by atoms with E-state index in [9.17, 15) is 22.8 Å². The number of fused-ring (bicyclic) bond motifs is 1. The summed E-state index contributed by atoms with van der Waals surface area (Å²) in [6, 6.07) is 6.42. The molecular formula is C22H19ClF4N4O3. The van der Waals surface area contributed by atoms with Gasteiger partial charge in [-0.1, -0.05) is 23.7 Å². The third kappa shape index (κ3) is 4.79. The monoisotopic (exact) mass is 498 g/mol.